The first-order valence-corrected chi connectivity index (χ1v) is 15.5. The molecule has 0 aromatic carbocycles. The van der Waals surface area contributed by atoms with E-state index in [9.17, 15) is 51.3 Å². The fourth-order valence-electron chi connectivity index (χ4n) is 4.39. The third-order valence-corrected chi connectivity index (χ3v) is 7.42. The number of aliphatic hydroxyl groups is 4. The summed E-state index contributed by atoms with van der Waals surface area (Å²) in [6, 6.07) is -3.12. The maximum atomic E-state index is 12.5. The number of rotatable bonds is 11. The highest BCUT2D eigenvalue weighted by Gasteiger charge is 2.53. The summed E-state index contributed by atoms with van der Waals surface area (Å²) in [7, 11) is 3.23. The lowest BCUT2D eigenvalue weighted by molar-refractivity contribution is -0.368. The number of aliphatic hydroxyl groups excluding tert-OH is 4. The van der Waals surface area contributed by atoms with E-state index in [1.54, 1.807) is 33.4 Å². The van der Waals surface area contributed by atoms with Crippen LogP contribution in [-0.4, -0.2) is 158 Å². The maximum Gasteiger partial charge on any atom is 0.471 e. The number of methoxy groups -OCH3 is 2. The van der Waals surface area contributed by atoms with Crippen LogP contribution < -0.4 is 10.6 Å². The molecule has 0 spiro atoms. The van der Waals surface area contributed by atoms with Gasteiger partial charge in [-0.05, 0) is 27.7 Å². The Hall–Kier alpha value is -2.48. The summed E-state index contributed by atoms with van der Waals surface area (Å²) in [6.45, 7) is 12.9. The van der Waals surface area contributed by atoms with Gasteiger partial charge in [0.05, 0.1) is 26.4 Å². The first-order valence-electron chi connectivity index (χ1n) is 15.5. The van der Waals surface area contributed by atoms with Crippen LogP contribution in [0.25, 0.3) is 0 Å². The highest BCUT2D eigenvalue weighted by Crippen LogP contribution is 2.33. The third kappa shape index (κ3) is 14.4. The van der Waals surface area contributed by atoms with Crippen LogP contribution in [0.2, 0.25) is 0 Å². The lowest BCUT2D eigenvalue weighted by Crippen LogP contribution is -2.69. The predicted octanol–water partition coefficient (Wildman–Crippen LogP) is 0.164. The number of nitrogens with one attached hydrogen (secondary N) is 2. The Kier molecular flexibility index (Phi) is 18.5. The van der Waals surface area contributed by atoms with E-state index < -0.39 is 104 Å². The van der Waals surface area contributed by atoms with Gasteiger partial charge in [-0.25, -0.2) is 0 Å². The molecule has 22 heteroatoms. The predicted molar refractivity (Wildman–Crippen MR) is 164 cm³/mol. The number of ether oxygens (including phenoxy) is 8. The molecule has 0 aromatic rings. The molecule has 8 unspecified atom stereocenters. The molecule has 10 atom stereocenters. The summed E-state index contributed by atoms with van der Waals surface area (Å²) in [6.07, 6.45) is -18.4. The standard InChI is InChI=1S/C14H20F3NO6.C11H16F3NO6.C5H12O2/c1-4-5-21-11-8(18-12(20)14(15,16)17)9(19)10-7(23-11)6-22-13(2,3)24-10;1-2-3-20-9-6(15-10(19)11(12,13)14)8(18)7(17)5(4-16)21-9;1-5(2,6-3)7-4/h4,7-11,19H,1,5-6H2,2-3H3,(H,18,20);2,5-9,16-18H,1,3-4H2,(H,15,19);1-4H3/t7-,8?,9?,10?,11?;5-,6?,7?,8?,9?;/m11./s1. The molecule has 0 aliphatic carbocycles. The van der Waals surface area contributed by atoms with Crippen LogP contribution in [0.5, 0.6) is 0 Å². The Morgan fingerprint density at radius 1 is 0.827 bits per heavy atom. The second-order valence-corrected chi connectivity index (χ2v) is 12.1. The second-order valence-electron chi connectivity index (χ2n) is 12.1. The maximum absolute atomic E-state index is 12.5. The van der Waals surface area contributed by atoms with Gasteiger partial charge in [0.1, 0.15) is 48.7 Å². The Balaban J connectivity index is 0.000000443. The number of alkyl halides is 6. The van der Waals surface area contributed by atoms with Gasteiger partial charge in [-0.15, -0.1) is 13.2 Å². The van der Waals surface area contributed by atoms with Crippen molar-refractivity contribution >= 4 is 11.8 Å². The first-order chi connectivity index (χ1) is 23.9. The molecule has 52 heavy (non-hydrogen) atoms. The summed E-state index contributed by atoms with van der Waals surface area (Å²) in [4.78, 5) is 22.2. The first kappa shape index (κ1) is 47.5. The average Bonchev–Trinajstić information content (AvgIpc) is 3.06. The quantitative estimate of drug-likeness (QED) is 0.0939. The fraction of sp³-hybridized carbons (Fsp3) is 0.800. The molecule has 3 saturated heterocycles. The summed E-state index contributed by atoms with van der Waals surface area (Å²) in [5.41, 5.74) is 0. The number of carbonyl (C=O) groups is 2. The smallest absolute Gasteiger partial charge is 0.394 e. The summed E-state index contributed by atoms with van der Waals surface area (Å²) >= 11 is 0. The van der Waals surface area contributed by atoms with Gasteiger partial charge in [0.25, 0.3) is 0 Å². The molecule has 0 aromatic heterocycles. The monoisotopic (exact) mass is 774 g/mol. The van der Waals surface area contributed by atoms with Crippen molar-refractivity contribution < 1.29 is 94.3 Å². The van der Waals surface area contributed by atoms with Gasteiger partial charge in [0.15, 0.2) is 24.2 Å². The summed E-state index contributed by atoms with van der Waals surface area (Å²) < 4.78 is 116. The van der Waals surface area contributed by atoms with E-state index in [-0.39, 0.29) is 19.8 Å². The summed E-state index contributed by atoms with van der Waals surface area (Å²) in [5.74, 6) is -5.97. The number of fused-ring (bicyclic) bond motifs is 1. The Labute approximate surface area is 295 Å². The molecule has 6 N–H and O–H groups in total. The molecule has 3 rings (SSSR count). The number of halogens is 6. The highest BCUT2D eigenvalue weighted by molar-refractivity contribution is 5.82. The van der Waals surface area contributed by atoms with E-state index in [2.05, 4.69) is 13.2 Å². The van der Waals surface area contributed by atoms with Gasteiger partial charge in [-0.3, -0.25) is 9.59 Å². The van der Waals surface area contributed by atoms with Gasteiger partial charge in [-0.1, -0.05) is 12.2 Å². The van der Waals surface area contributed by atoms with Crippen LogP contribution in [-0.2, 0) is 47.5 Å². The zero-order valence-corrected chi connectivity index (χ0v) is 29.3. The minimum Gasteiger partial charge on any atom is -0.394 e. The van der Waals surface area contributed by atoms with Crippen molar-refractivity contribution in [1.29, 1.82) is 0 Å². The van der Waals surface area contributed by atoms with Crippen LogP contribution in [0.15, 0.2) is 25.3 Å². The molecule has 304 valence electrons. The van der Waals surface area contributed by atoms with Crippen LogP contribution in [0, 0.1) is 0 Å². The van der Waals surface area contributed by atoms with Crippen molar-refractivity contribution in [2.24, 2.45) is 0 Å². The molecule has 3 aliphatic heterocycles. The number of carbonyl (C=O) groups excluding carboxylic acids is 2. The zero-order chi connectivity index (χ0) is 40.2. The van der Waals surface area contributed by atoms with E-state index in [1.165, 1.54) is 17.5 Å². The average molecular weight is 775 g/mol. The summed E-state index contributed by atoms with van der Waals surface area (Å²) in [5, 5.41) is 42.0. The fourth-order valence-corrected chi connectivity index (χ4v) is 4.39. The minimum atomic E-state index is -5.17. The molecule has 0 saturated carbocycles. The molecule has 2 amide bonds. The molecule has 0 radical (unpaired) electrons. The van der Waals surface area contributed by atoms with Gasteiger partial charge in [0, 0.05) is 14.2 Å². The Bertz CT molecular complexity index is 1140. The molecule has 0 bridgehead atoms. The topological polar surface area (TPSA) is 213 Å². The van der Waals surface area contributed by atoms with Crippen LogP contribution in [0.1, 0.15) is 27.7 Å². The number of hydrogen-bond donors (Lipinski definition) is 6. The van der Waals surface area contributed by atoms with E-state index in [4.69, 9.17) is 43.0 Å². The van der Waals surface area contributed by atoms with Crippen molar-refractivity contribution in [2.75, 3.05) is 40.6 Å². The lowest BCUT2D eigenvalue weighted by Gasteiger charge is -2.49. The SMILES string of the molecule is C=CCOC1O[C@@H]2COC(C)(C)OC2C(O)C1NC(=O)C(F)(F)F.C=CCOC1O[C@H](CO)C(O)C(O)C1NC(=O)C(F)(F)F.COC(C)(C)OC. The Morgan fingerprint density at radius 2 is 1.27 bits per heavy atom. The van der Waals surface area contributed by atoms with Crippen molar-refractivity contribution in [3.05, 3.63) is 25.3 Å². The van der Waals surface area contributed by atoms with Gasteiger partial charge in [0.2, 0.25) is 0 Å². The van der Waals surface area contributed by atoms with E-state index in [1.807, 2.05) is 13.8 Å². The van der Waals surface area contributed by atoms with E-state index >= 15 is 0 Å². The van der Waals surface area contributed by atoms with Gasteiger partial charge in [-0.2, -0.15) is 26.3 Å². The molecule has 3 aliphatic rings. The lowest BCUT2D eigenvalue weighted by atomic mass is 9.95. The molecular weight excluding hydrogens is 726 g/mol. The van der Waals surface area contributed by atoms with E-state index in [0.29, 0.717) is 0 Å². The van der Waals surface area contributed by atoms with Gasteiger partial charge < -0.3 is 69.0 Å². The number of amides is 2. The number of hydrogen-bond acceptors (Lipinski definition) is 14. The normalized spacial score (nSPS) is 31.7. The largest absolute Gasteiger partial charge is 0.471 e. The van der Waals surface area contributed by atoms with Crippen molar-refractivity contribution in [2.45, 2.75) is 113 Å². The zero-order valence-electron chi connectivity index (χ0n) is 29.3. The van der Waals surface area contributed by atoms with Crippen LogP contribution >= 0.6 is 0 Å². The van der Waals surface area contributed by atoms with Crippen LogP contribution in [0.4, 0.5) is 26.3 Å². The Morgan fingerprint density at radius 3 is 1.65 bits per heavy atom. The van der Waals surface area contributed by atoms with Crippen LogP contribution in [0.3, 0.4) is 0 Å². The molecular formula is C30H48F6N2O14. The second kappa shape index (κ2) is 20.3. The third-order valence-electron chi connectivity index (χ3n) is 7.42. The highest BCUT2D eigenvalue weighted by atomic mass is 19.4. The van der Waals surface area contributed by atoms with Crippen molar-refractivity contribution in [3.8, 4) is 0 Å². The van der Waals surface area contributed by atoms with Crippen molar-refractivity contribution in [1.82, 2.24) is 10.6 Å². The van der Waals surface area contributed by atoms with Crippen molar-refractivity contribution in [3.63, 3.8) is 0 Å². The molecule has 16 nitrogen and oxygen atoms in total. The molecule has 3 fully saturated rings. The van der Waals surface area contributed by atoms with Gasteiger partial charge >= 0.3 is 24.2 Å². The van der Waals surface area contributed by atoms with E-state index in [0.717, 1.165) is 0 Å². The molecule has 3 heterocycles. The minimum absolute atomic E-state index is 0.0413.